The lowest BCUT2D eigenvalue weighted by molar-refractivity contribution is -0.192. The van der Waals surface area contributed by atoms with Gasteiger partial charge < -0.3 is 19.5 Å². The number of hydrogen-bond acceptors (Lipinski definition) is 8. The van der Waals surface area contributed by atoms with E-state index in [0.717, 1.165) is 31.3 Å². The van der Waals surface area contributed by atoms with E-state index >= 15 is 0 Å². The molecular weight excluding hydrogens is 407 g/mol. The number of ether oxygens (including phenoxy) is 2. The first-order valence-electron chi connectivity index (χ1n) is 9.02. The first kappa shape index (κ1) is 21.7. The summed E-state index contributed by atoms with van der Waals surface area (Å²) in [5.74, 6) is -1.57. The lowest BCUT2D eigenvalue weighted by atomic mass is 9.82. The van der Waals surface area contributed by atoms with Gasteiger partial charge in [0.1, 0.15) is 6.61 Å². The molecule has 2 atom stereocenters. The number of rotatable bonds is 4. The lowest BCUT2D eigenvalue weighted by Crippen LogP contribution is -2.37. The molecule has 0 saturated carbocycles. The minimum atomic E-state index is -5.08. The quantitative estimate of drug-likeness (QED) is 0.780. The number of carboxylic acid groups (broad SMARTS) is 1. The average Bonchev–Trinajstić information content (AvgIpc) is 3.24. The van der Waals surface area contributed by atoms with E-state index in [1.54, 1.807) is 18.6 Å². The van der Waals surface area contributed by atoms with Gasteiger partial charge in [-0.1, -0.05) is 0 Å². The number of hydrogen-bond donors (Lipinski definition) is 1. The van der Waals surface area contributed by atoms with Crippen LogP contribution in [0, 0.1) is 18.3 Å². The Balaban J connectivity index is 0.000000318. The highest BCUT2D eigenvalue weighted by Crippen LogP contribution is 2.42. The summed E-state index contributed by atoms with van der Waals surface area (Å²) in [6.07, 6.45) is 0.185. The van der Waals surface area contributed by atoms with Crippen LogP contribution in [0.5, 0.6) is 6.01 Å². The van der Waals surface area contributed by atoms with E-state index in [4.69, 9.17) is 19.4 Å². The molecule has 0 radical (unpaired) electrons. The molecule has 0 aromatic carbocycles. The van der Waals surface area contributed by atoms with Gasteiger partial charge in [0, 0.05) is 43.3 Å². The van der Waals surface area contributed by atoms with Crippen LogP contribution in [-0.4, -0.2) is 70.1 Å². The molecule has 0 aliphatic carbocycles. The summed E-state index contributed by atoms with van der Waals surface area (Å²) in [5, 5.41) is 7.12. The van der Waals surface area contributed by atoms with Crippen molar-refractivity contribution < 1.29 is 32.5 Å². The molecule has 2 aromatic heterocycles. The zero-order chi connectivity index (χ0) is 21.8. The summed E-state index contributed by atoms with van der Waals surface area (Å²) in [6.45, 7) is 5.63. The summed E-state index contributed by atoms with van der Waals surface area (Å²) in [5.41, 5.74) is 0.851. The maximum Gasteiger partial charge on any atom is 0.490 e. The third-order valence-electron chi connectivity index (χ3n) is 4.86. The fraction of sp³-hybridized carbons (Fsp3) is 0.500. The van der Waals surface area contributed by atoms with Gasteiger partial charge in [0.25, 0.3) is 0 Å². The van der Waals surface area contributed by atoms with Gasteiger partial charge in [-0.15, -0.1) is 0 Å². The fourth-order valence-corrected chi connectivity index (χ4v) is 3.35. The Hall–Kier alpha value is -3.02. The third-order valence-corrected chi connectivity index (χ3v) is 4.86. The van der Waals surface area contributed by atoms with Gasteiger partial charge in [0.15, 0.2) is 0 Å². The molecule has 0 unspecified atom stereocenters. The fourth-order valence-electron chi connectivity index (χ4n) is 3.35. The smallest absolute Gasteiger partial charge is 0.475 e. The van der Waals surface area contributed by atoms with Crippen molar-refractivity contribution in [2.45, 2.75) is 13.1 Å². The number of fused-ring (bicyclic) bond motifs is 1. The lowest BCUT2D eigenvalue weighted by Gasteiger charge is -2.26. The Kier molecular flexibility index (Phi) is 6.34. The summed E-state index contributed by atoms with van der Waals surface area (Å²) in [6, 6.07) is 4.12. The number of carboxylic acids is 1. The van der Waals surface area contributed by atoms with Crippen molar-refractivity contribution in [1.29, 1.82) is 0 Å². The van der Waals surface area contributed by atoms with Gasteiger partial charge in [0.05, 0.1) is 18.6 Å². The van der Waals surface area contributed by atoms with Crippen LogP contribution in [0.25, 0.3) is 0 Å². The second-order valence-corrected chi connectivity index (χ2v) is 7.08. The zero-order valence-corrected chi connectivity index (χ0v) is 16.0. The molecule has 9 nitrogen and oxygen atoms in total. The van der Waals surface area contributed by atoms with Crippen molar-refractivity contribution in [2.75, 3.05) is 37.8 Å². The Labute approximate surface area is 169 Å². The molecule has 30 heavy (non-hydrogen) atoms. The number of halogens is 3. The van der Waals surface area contributed by atoms with Crippen LogP contribution < -0.4 is 9.64 Å². The van der Waals surface area contributed by atoms with E-state index < -0.39 is 12.1 Å². The van der Waals surface area contributed by atoms with Gasteiger partial charge in [-0.2, -0.15) is 13.2 Å². The van der Waals surface area contributed by atoms with Crippen molar-refractivity contribution in [1.82, 2.24) is 19.9 Å². The highest BCUT2D eigenvalue weighted by molar-refractivity contribution is 5.73. The Morgan fingerprint density at radius 1 is 1.33 bits per heavy atom. The molecule has 2 aromatic rings. The van der Waals surface area contributed by atoms with Crippen molar-refractivity contribution >= 4 is 11.9 Å². The van der Waals surface area contributed by atoms with Crippen LogP contribution >= 0.6 is 0 Å². The Bertz CT molecular complexity index is 870. The van der Waals surface area contributed by atoms with Crippen molar-refractivity contribution in [3.63, 3.8) is 0 Å². The van der Waals surface area contributed by atoms with Crippen LogP contribution in [0.1, 0.15) is 5.69 Å². The SMILES string of the molecule is Cc1ccnc(OC[C@]23COC[C@H]2CN(c2ncccn2)C3)n1.O=C(O)C(F)(F)F. The normalized spacial score (nSPS) is 22.8. The first-order chi connectivity index (χ1) is 14.2. The minimum Gasteiger partial charge on any atom is -0.475 e. The topological polar surface area (TPSA) is 111 Å². The van der Waals surface area contributed by atoms with E-state index in [1.165, 1.54) is 0 Å². The van der Waals surface area contributed by atoms with Gasteiger partial charge >= 0.3 is 18.2 Å². The summed E-state index contributed by atoms with van der Waals surface area (Å²) >= 11 is 0. The van der Waals surface area contributed by atoms with E-state index in [9.17, 15) is 13.2 Å². The molecule has 0 amide bonds. The molecular formula is C18H20F3N5O4. The highest BCUT2D eigenvalue weighted by Gasteiger charge is 2.52. The second-order valence-electron chi connectivity index (χ2n) is 7.08. The Morgan fingerprint density at radius 2 is 2.03 bits per heavy atom. The third kappa shape index (κ3) is 5.12. The maximum atomic E-state index is 10.6. The molecule has 2 aliphatic heterocycles. The Morgan fingerprint density at radius 3 is 2.67 bits per heavy atom. The van der Waals surface area contributed by atoms with E-state index in [0.29, 0.717) is 25.1 Å². The molecule has 4 heterocycles. The van der Waals surface area contributed by atoms with Crippen LogP contribution in [-0.2, 0) is 9.53 Å². The standard InChI is InChI=1S/C16H19N5O2.C2HF3O2/c1-12-3-6-19-15(20-12)23-11-16-9-21(7-13(16)8-22-10-16)14-17-4-2-5-18-14;3-2(4,5)1(6)7/h2-6,13H,7-11H2,1H3;(H,6,7)/t13-,16+;/m1./s1. The summed E-state index contributed by atoms with van der Waals surface area (Å²) in [7, 11) is 0. The maximum absolute atomic E-state index is 10.6. The van der Waals surface area contributed by atoms with E-state index in [2.05, 4.69) is 24.8 Å². The van der Waals surface area contributed by atoms with Gasteiger partial charge in [-0.3, -0.25) is 0 Å². The van der Waals surface area contributed by atoms with E-state index in [-0.39, 0.29) is 5.41 Å². The van der Waals surface area contributed by atoms with E-state index in [1.807, 2.05) is 19.1 Å². The number of nitrogens with zero attached hydrogens (tertiary/aromatic N) is 5. The number of aryl methyl sites for hydroxylation is 1. The van der Waals surface area contributed by atoms with Crippen molar-refractivity contribution in [2.24, 2.45) is 11.3 Å². The molecule has 2 saturated heterocycles. The molecule has 4 rings (SSSR count). The van der Waals surface area contributed by atoms with Gasteiger partial charge in [-0.25, -0.2) is 24.7 Å². The van der Waals surface area contributed by atoms with Crippen molar-refractivity contribution in [3.8, 4) is 6.01 Å². The van der Waals surface area contributed by atoms with Gasteiger partial charge in [-0.05, 0) is 19.1 Å². The van der Waals surface area contributed by atoms with Crippen LogP contribution in [0.3, 0.4) is 0 Å². The highest BCUT2D eigenvalue weighted by atomic mass is 19.4. The zero-order valence-electron chi connectivity index (χ0n) is 16.0. The second kappa shape index (κ2) is 8.78. The summed E-state index contributed by atoms with van der Waals surface area (Å²) in [4.78, 5) is 28.3. The van der Waals surface area contributed by atoms with Crippen molar-refractivity contribution in [3.05, 3.63) is 36.4 Å². The molecule has 12 heteroatoms. The number of anilines is 1. The molecule has 2 aliphatic rings. The molecule has 0 bridgehead atoms. The van der Waals surface area contributed by atoms with Crippen LogP contribution in [0.2, 0.25) is 0 Å². The first-order valence-corrected chi connectivity index (χ1v) is 9.02. The molecule has 162 valence electrons. The number of aromatic nitrogens is 4. The van der Waals surface area contributed by atoms with Crippen LogP contribution in [0.15, 0.2) is 30.7 Å². The number of aliphatic carboxylic acids is 1. The predicted octanol–water partition coefficient (Wildman–Crippen LogP) is 1.74. The number of alkyl halides is 3. The van der Waals surface area contributed by atoms with Crippen LogP contribution in [0.4, 0.5) is 19.1 Å². The molecule has 1 N–H and O–H groups in total. The average molecular weight is 427 g/mol. The number of carbonyl (C=O) groups is 1. The minimum absolute atomic E-state index is 0.0493. The molecule has 0 spiro atoms. The largest absolute Gasteiger partial charge is 0.490 e. The van der Waals surface area contributed by atoms with Gasteiger partial charge in [0.2, 0.25) is 5.95 Å². The predicted molar refractivity (Wildman–Crippen MR) is 96.9 cm³/mol. The molecule has 2 fully saturated rings. The summed E-state index contributed by atoms with van der Waals surface area (Å²) < 4.78 is 43.3. The monoisotopic (exact) mass is 427 g/mol.